The summed E-state index contributed by atoms with van der Waals surface area (Å²) in [5.74, 6) is 0.881. The van der Waals surface area contributed by atoms with Crippen LogP contribution in [0.2, 0.25) is 0 Å². The summed E-state index contributed by atoms with van der Waals surface area (Å²) in [5, 5.41) is 1.09. The van der Waals surface area contributed by atoms with Gasteiger partial charge in [0.2, 0.25) is 0 Å². The van der Waals surface area contributed by atoms with E-state index in [1.54, 1.807) is 18.4 Å². The van der Waals surface area contributed by atoms with E-state index in [4.69, 9.17) is 10.5 Å². The Bertz CT molecular complexity index is 494. The SMILES string of the molecule is COc1cccc(Cc2ncc(C(C)N)s2)c1. The summed E-state index contributed by atoms with van der Waals surface area (Å²) in [6.07, 6.45) is 2.69. The number of hydrogen-bond acceptors (Lipinski definition) is 4. The van der Waals surface area contributed by atoms with Crippen LogP contribution in [-0.2, 0) is 6.42 Å². The van der Waals surface area contributed by atoms with Crippen LogP contribution in [0.4, 0.5) is 0 Å². The van der Waals surface area contributed by atoms with Crippen molar-refractivity contribution in [3.05, 3.63) is 45.9 Å². The van der Waals surface area contributed by atoms with Crippen molar-refractivity contribution in [1.29, 1.82) is 0 Å². The van der Waals surface area contributed by atoms with Crippen LogP contribution in [0.1, 0.15) is 28.4 Å². The largest absolute Gasteiger partial charge is 0.497 e. The summed E-state index contributed by atoms with van der Waals surface area (Å²) < 4.78 is 5.20. The van der Waals surface area contributed by atoms with Crippen LogP contribution in [0.3, 0.4) is 0 Å². The number of methoxy groups -OCH3 is 1. The number of hydrogen-bond donors (Lipinski definition) is 1. The third kappa shape index (κ3) is 3.05. The van der Waals surface area contributed by atoms with Gasteiger partial charge in [-0.15, -0.1) is 11.3 Å². The minimum atomic E-state index is 0.0616. The number of nitrogens with zero attached hydrogens (tertiary/aromatic N) is 1. The summed E-state index contributed by atoms with van der Waals surface area (Å²) in [6.45, 7) is 1.98. The van der Waals surface area contributed by atoms with Gasteiger partial charge in [-0.1, -0.05) is 12.1 Å². The molecule has 0 saturated carbocycles. The molecule has 0 radical (unpaired) electrons. The number of benzene rings is 1. The molecule has 1 unspecified atom stereocenters. The lowest BCUT2D eigenvalue weighted by atomic mass is 10.1. The lowest BCUT2D eigenvalue weighted by Crippen LogP contribution is -2.01. The quantitative estimate of drug-likeness (QED) is 0.905. The van der Waals surface area contributed by atoms with Crippen LogP contribution in [0.15, 0.2) is 30.5 Å². The van der Waals surface area contributed by atoms with Gasteiger partial charge in [-0.05, 0) is 24.6 Å². The van der Waals surface area contributed by atoms with E-state index in [0.717, 1.165) is 22.1 Å². The second-order valence-electron chi connectivity index (χ2n) is 3.97. The van der Waals surface area contributed by atoms with E-state index in [-0.39, 0.29) is 6.04 Å². The molecule has 2 aromatic rings. The van der Waals surface area contributed by atoms with Gasteiger partial charge in [0.15, 0.2) is 0 Å². The first-order chi connectivity index (χ1) is 8.19. The Morgan fingerprint density at radius 2 is 2.29 bits per heavy atom. The number of aromatic nitrogens is 1. The Morgan fingerprint density at radius 1 is 1.47 bits per heavy atom. The first kappa shape index (κ1) is 12.1. The Balaban J connectivity index is 2.13. The molecule has 0 aliphatic rings. The van der Waals surface area contributed by atoms with Gasteiger partial charge in [-0.25, -0.2) is 4.98 Å². The Kier molecular flexibility index (Phi) is 3.76. The normalized spacial score (nSPS) is 12.4. The molecule has 0 fully saturated rings. The molecule has 0 spiro atoms. The molecule has 1 atom stereocenters. The molecule has 0 aliphatic carbocycles. The highest BCUT2D eigenvalue weighted by atomic mass is 32.1. The maximum Gasteiger partial charge on any atom is 0.119 e. The lowest BCUT2D eigenvalue weighted by molar-refractivity contribution is 0.414. The van der Waals surface area contributed by atoms with Crippen LogP contribution >= 0.6 is 11.3 Å². The molecule has 3 nitrogen and oxygen atoms in total. The molecule has 0 bridgehead atoms. The fraction of sp³-hybridized carbons (Fsp3) is 0.308. The predicted octanol–water partition coefficient (Wildman–Crippen LogP) is 2.76. The smallest absolute Gasteiger partial charge is 0.119 e. The Labute approximate surface area is 105 Å². The van der Waals surface area contributed by atoms with Gasteiger partial charge < -0.3 is 10.5 Å². The van der Waals surface area contributed by atoms with Crippen molar-refractivity contribution in [2.75, 3.05) is 7.11 Å². The highest BCUT2D eigenvalue weighted by Crippen LogP contribution is 2.22. The monoisotopic (exact) mass is 248 g/mol. The first-order valence-electron chi connectivity index (χ1n) is 5.52. The zero-order chi connectivity index (χ0) is 12.3. The minimum Gasteiger partial charge on any atom is -0.497 e. The van der Waals surface area contributed by atoms with Crippen LogP contribution in [0, 0.1) is 0 Å². The molecule has 1 aromatic heterocycles. The van der Waals surface area contributed by atoms with Gasteiger partial charge in [0.1, 0.15) is 5.75 Å². The molecule has 0 amide bonds. The third-order valence-corrected chi connectivity index (χ3v) is 3.71. The maximum absolute atomic E-state index is 5.82. The molecule has 1 aromatic carbocycles. The highest BCUT2D eigenvalue weighted by molar-refractivity contribution is 7.11. The van der Waals surface area contributed by atoms with E-state index in [2.05, 4.69) is 11.1 Å². The number of nitrogens with two attached hydrogens (primary N) is 1. The van der Waals surface area contributed by atoms with Crippen molar-refractivity contribution in [1.82, 2.24) is 4.98 Å². The van der Waals surface area contributed by atoms with Crippen LogP contribution in [0.5, 0.6) is 5.75 Å². The van der Waals surface area contributed by atoms with Gasteiger partial charge in [0.05, 0.1) is 12.1 Å². The molecule has 17 heavy (non-hydrogen) atoms. The number of ether oxygens (including phenoxy) is 1. The van der Waals surface area contributed by atoms with Crippen LogP contribution < -0.4 is 10.5 Å². The van der Waals surface area contributed by atoms with Gasteiger partial charge in [-0.2, -0.15) is 0 Å². The average Bonchev–Trinajstić information content (AvgIpc) is 2.78. The summed E-state index contributed by atoms with van der Waals surface area (Å²) in [7, 11) is 1.68. The lowest BCUT2D eigenvalue weighted by Gasteiger charge is -2.02. The second kappa shape index (κ2) is 5.29. The van der Waals surface area contributed by atoms with Crippen molar-refractivity contribution in [3.8, 4) is 5.75 Å². The average molecular weight is 248 g/mol. The first-order valence-corrected chi connectivity index (χ1v) is 6.34. The number of thiazole rings is 1. The summed E-state index contributed by atoms with van der Waals surface area (Å²) in [5.41, 5.74) is 7.02. The molecular weight excluding hydrogens is 232 g/mol. The number of rotatable bonds is 4. The molecule has 1 heterocycles. The van der Waals surface area contributed by atoms with E-state index in [1.165, 1.54) is 5.56 Å². The molecule has 2 N–H and O–H groups in total. The topological polar surface area (TPSA) is 48.1 Å². The summed E-state index contributed by atoms with van der Waals surface area (Å²) in [4.78, 5) is 5.51. The molecule has 0 aliphatic heterocycles. The standard InChI is InChI=1S/C13H16N2OS/c1-9(14)12-8-15-13(17-12)7-10-4-3-5-11(6-10)16-2/h3-6,8-9H,7,14H2,1-2H3. The van der Waals surface area contributed by atoms with Gasteiger partial charge in [0.25, 0.3) is 0 Å². The molecule has 90 valence electrons. The fourth-order valence-electron chi connectivity index (χ4n) is 1.57. The summed E-state index contributed by atoms with van der Waals surface area (Å²) >= 11 is 1.67. The predicted molar refractivity (Wildman–Crippen MR) is 70.5 cm³/mol. The Hall–Kier alpha value is -1.39. The Morgan fingerprint density at radius 3 is 2.94 bits per heavy atom. The van der Waals surface area contributed by atoms with Gasteiger partial charge in [-0.3, -0.25) is 0 Å². The highest BCUT2D eigenvalue weighted by Gasteiger charge is 2.06. The van der Waals surface area contributed by atoms with Gasteiger partial charge >= 0.3 is 0 Å². The van der Waals surface area contributed by atoms with Crippen molar-refractivity contribution in [2.45, 2.75) is 19.4 Å². The zero-order valence-corrected chi connectivity index (χ0v) is 10.8. The van der Waals surface area contributed by atoms with Crippen molar-refractivity contribution < 1.29 is 4.74 Å². The van der Waals surface area contributed by atoms with E-state index < -0.39 is 0 Å². The third-order valence-electron chi connectivity index (χ3n) is 2.51. The molecular formula is C13H16N2OS. The fourth-order valence-corrected chi connectivity index (χ4v) is 2.48. The minimum absolute atomic E-state index is 0.0616. The summed E-state index contributed by atoms with van der Waals surface area (Å²) in [6, 6.07) is 8.11. The second-order valence-corrected chi connectivity index (χ2v) is 5.12. The zero-order valence-electron chi connectivity index (χ0n) is 10.0. The van der Waals surface area contributed by atoms with E-state index >= 15 is 0 Å². The van der Waals surface area contributed by atoms with Crippen molar-refractivity contribution in [3.63, 3.8) is 0 Å². The van der Waals surface area contributed by atoms with Crippen LogP contribution in [0.25, 0.3) is 0 Å². The van der Waals surface area contributed by atoms with Crippen LogP contribution in [-0.4, -0.2) is 12.1 Å². The van der Waals surface area contributed by atoms with Gasteiger partial charge in [0, 0.05) is 23.5 Å². The van der Waals surface area contributed by atoms with Crippen molar-refractivity contribution in [2.24, 2.45) is 5.73 Å². The van der Waals surface area contributed by atoms with E-state index in [0.29, 0.717) is 0 Å². The molecule has 2 rings (SSSR count). The maximum atomic E-state index is 5.82. The molecule has 4 heteroatoms. The van der Waals surface area contributed by atoms with E-state index in [9.17, 15) is 0 Å². The molecule has 0 saturated heterocycles. The van der Waals surface area contributed by atoms with Crippen molar-refractivity contribution >= 4 is 11.3 Å². The van der Waals surface area contributed by atoms with E-state index in [1.807, 2.05) is 31.3 Å².